The normalized spacial score (nSPS) is 11.3. The Balaban J connectivity index is 1.85. The molecule has 0 atom stereocenters. The Kier molecular flexibility index (Phi) is 8.14. The lowest BCUT2D eigenvalue weighted by Crippen LogP contribution is -2.14. The number of nitrogens with one attached hydrogen (secondary N) is 2. The summed E-state index contributed by atoms with van der Waals surface area (Å²) in [6, 6.07) is 17.7. The fourth-order valence-electron chi connectivity index (χ4n) is 2.83. The van der Waals surface area contributed by atoms with Gasteiger partial charge in [0.25, 0.3) is 5.91 Å². The minimum absolute atomic E-state index is 0.0893. The maximum absolute atomic E-state index is 12.8. The number of hydrogen-bond donors (Lipinski definition) is 2. The second-order valence-corrected chi connectivity index (χ2v) is 9.39. The number of halogens is 2. The zero-order chi connectivity index (χ0) is 25.6. The molecule has 3 aromatic carbocycles. The first-order chi connectivity index (χ1) is 16.6. The molecule has 0 fully saturated rings. The van der Waals surface area contributed by atoms with E-state index in [-0.39, 0.29) is 32.7 Å². The largest absolute Gasteiger partial charge is 0.378 e. The van der Waals surface area contributed by atoms with Gasteiger partial charge in [0.05, 0.1) is 10.0 Å². The average molecular weight is 530 g/mol. The van der Waals surface area contributed by atoms with E-state index in [9.17, 15) is 23.3 Å². The molecule has 0 saturated heterocycles. The topological polar surface area (TPSA) is 125 Å². The van der Waals surface area contributed by atoms with Crippen LogP contribution in [-0.2, 0) is 19.7 Å². The van der Waals surface area contributed by atoms with Gasteiger partial charge in [0, 0.05) is 23.9 Å². The summed E-state index contributed by atoms with van der Waals surface area (Å²) in [6.45, 7) is 1.33. The summed E-state index contributed by atoms with van der Waals surface area (Å²) in [5.74, 6) is -1.13. The molecule has 0 aliphatic heterocycles. The number of anilines is 2. The fourth-order valence-corrected chi connectivity index (χ4v) is 4.08. The van der Waals surface area contributed by atoms with E-state index in [2.05, 4.69) is 10.6 Å². The van der Waals surface area contributed by atoms with Crippen LogP contribution in [0.4, 0.5) is 11.4 Å². The molecule has 0 bridgehead atoms. The Labute approximate surface area is 211 Å². The Morgan fingerprint density at radius 2 is 1.60 bits per heavy atom. The van der Waals surface area contributed by atoms with E-state index >= 15 is 0 Å². The SMILES string of the molecule is CC(=O)Nc1ccc(S(=O)(=O)Oc2ccccc2/C=C(\C#N)C(=O)Nc2ccc(Cl)c(Cl)c2)cc1. The zero-order valence-corrected chi connectivity index (χ0v) is 20.4. The van der Waals surface area contributed by atoms with Crippen LogP contribution in [0.3, 0.4) is 0 Å². The Morgan fingerprint density at radius 1 is 0.943 bits per heavy atom. The van der Waals surface area contributed by atoms with Crippen molar-refractivity contribution in [1.82, 2.24) is 0 Å². The summed E-state index contributed by atoms with van der Waals surface area (Å²) in [4.78, 5) is 23.6. The predicted octanol–water partition coefficient (Wildman–Crippen LogP) is 5.27. The Hall–Kier alpha value is -3.84. The second-order valence-electron chi connectivity index (χ2n) is 7.03. The van der Waals surface area contributed by atoms with Crippen molar-refractivity contribution in [2.24, 2.45) is 0 Å². The molecule has 2 N–H and O–H groups in total. The number of para-hydroxylation sites is 1. The molecule has 2 amide bonds. The van der Waals surface area contributed by atoms with Crippen LogP contribution in [0, 0.1) is 11.3 Å². The fraction of sp³-hybridized carbons (Fsp3) is 0.0417. The monoisotopic (exact) mass is 529 g/mol. The summed E-state index contributed by atoms with van der Waals surface area (Å²) in [7, 11) is -4.25. The first-order valence-corrected chi connectivity index (χ1v) is 12.0. The highest BCUT2D eigenvalue weighted by Gasteiger charge is 2.19. The number of amides is 2. The van der Waals surface area contributed by atoms with E-state index < -0.39 is 16.0 Å². The molecular weight excluding hydrogens is 513 g/mol. The summed E-state index contributed by atoms with van der Waals surface area (Å²) in [6.07, 6.45) is 1.21. The van der Waals surface area contributed by atoms with Gasteiger partial charge in [0.15, 0.2) is 0 Å². The maximum Gasteiger partial charge on any atom is 0.339 e. The van der Waals surface area contributed by atoms with Gasteiger partial charge in [0.2, 0.25) is 5.91 Å². The van der Waals surface area contributed by atoms with E-state index in [1.54, 1.807) is 18.2 Å². The van der Waals surface area contributed by atoms with E-state index in [1.807, 2.05) is 0 Å². The van der Waals surface area contributed by atoms with Crippen molar-refractivity contribution in [1.29, 1.82) is 5.26 Å². The molecule has 11 heteroatoms. The number of carbonyl (C=O) groups is 2. The molecule has 0 aromatic heterocycles. The highest BCUT2D eigenvalue weighted by molar-refractivity contribution is 7.87. The average Bonchev–Trinajstić information content (AvgIpc) is 2.80. The van der Waals surface area contributed by atoms with Gasteiger partial charge in [-0.15, -0.1) is 0 Å². The van der Waals surface area contributed by atoms with Crippen LogP contribution < -0.4 is 14.8 Å². The minimum atomic E-state index is -4.25. The molecule has 0 radical (unpaired) electrons. The van der Waals surface area contributed by atoms with Gasteiger partial charge in [-0.05, 0) is 54.6 Å². The van der Waals surface area contributed by atoms with Crippen molar-refractivity contribution < 1.29 is 22.2 Å². The van der Waals surface area contributed by atoms with Gasteiger partial charge < -0.3 is 14.8 Å². The van der Waals surface area contributed by atoms with Crippen LogP contribution >= 0.6 is 23.2 Å². The van der Waals surface area contributed by atoms with Crippen molar-refractivity contribution in [3.63, 3.8) is 0 Å². The van der Waals surface area contributed by atoms with Gasteiger partial charge >= 0.3 is 10.1 Å². The Bertz CT molecular complexity index is 1460. The molecule has 0 aliphatic rings. The van der Waals surface area contributed by atoms with Gasteiger partial charge in [-0.1, -0.05) is 41.4 Å². The molecule has 0 heterocycles. The van der Waals surface area contributed by atoms with Crippen LogP contribution in [0.15, 0.2) is 77.2 Å². The highest BCUT2D eigenvalue weighted by atomic mass is 35.5. The van der Waals surface area contributed by atoms with E-state index in [1.165, 1.54) is 67.6 Å². The predicted molar refractivity (Wildman–Crippen MR) is 134 cm³/mol. The molecule has 0 unspecified atom stereocenters. The third-order valence-electron chi connectivity index (χ3n) is 4.42. The molecule has 3 aromatic rings. The van der Waals surface area contributed by atoms with Crippen molar-refractivity contribution >= 4 is 62.6 Å². The van der Waals surface area contributed by atoms with Crippen LogP contribution in [-0.4, -0.2) is 20.2 Å². The van der Waals surface area contributed by atoms with Crippen LogP contribution in [0.2, 0.25) is 10.0 Å². The van der Waals surface area contributed by atoms with Crippen molar-refractivity contribution in [3.05, 3.63) is 87.9 Å². The number of benzene rings is 3. The van der Waals surface area contributed by atoms with Crippen LogP contribution in [0.1, 0.15) is 12.5 Å². The van der Waals surface area contributed by atoms with Crippen LogP contribution in [0.25, 0.3) is 6.08 Å². The molecule has 0 spiro atoms. The minimum Gasteiger partial charge on any atom is -0.378 e. The molecule has 3 rings (SSSR count). The lowest BCUT2D eigenvalue weighted by Gasteiger charge is -2.11. The summed E-state index contributed by atoms with van der Waals surface area (Å²) >= 11 is 11.8. The van der Waals surface area contributed by atoms with Gasteiger partial charge in [0.1, 0.15) is 22.3 Å². The van der Waals surface area contributed by atoms with Gasteiger partial charge in [-0.25, -0.2) is 0 Å². The third kappa shape index (κ3) is 6.83. The van der Waals surface area contributed by atoms with Crippen molar-refractivity contribution in [3.8, 4) is 11.8 Å². The third-order valence-corrected chi connectivity index (χ3v) is 6.41. The van der Waals surface area contributed by atoms with Gasteiger partial charge in [-0.2, -0.15) is 13.7 Å². The smallest absolute Gasteiger partial charge is 0.339 e. The molecular formula is C24H17Cl2N3O5S. The number of nitriles is 1. The summed E-state index contributed by atoms with van der Waals surface area (Å²) in [5, 5.41) is 15.1. The molecule has 35 heavy (non-hydrogen) atoms. The summed E-state index contributed by atoms with van der Waals surface area (Å²) < 4.78 is 30.8. The maximum atomic E-state index is 12.8. The van der Waals surface area contributed by atoms with Crippen molar-refractivity contribution in [2.45, 2.75) is 11.8 Å². The first kappa shape index (κ1) is 25.8. The lowest BCUT2D eigenvalue weighted by atomic mass is 10.1. The number of nitrogens with zero attached hydrogens (tertiary/aromatic N) is 1. The molecule has 8 nitrogen and oxygen atoms in total. The lowest BCUT2D eigenvalue weighted by molar-refractivity contribution is -0.114. The summed E-state index contributed by atoms with van der Waals surface area (Å²) in [5.41, 5.74) is 0.628. The van der Waals surface area contributed by atoms with Crippen molar-refractivity contribution in [2.75, 3.05) is 10.6 Å². The Morgan fingerprint density at radius 3 is 2.23 bits per heavy atom. The standard InChI is InChI=1S/C24H17Cl2N3O5S/c1-15(30)28-18-6-9-20(10-7-18)35(32,33)34-23-5-3-2-4-16(23)12-17(14-27)24(31)29-19-8-11-21(25)22(26)13-19/h2-13H,1H3,(H,28,30)(H,29,31)/b17-12+. The number of rotatable bonds is 7. The molecule has 0 saturated carbocycles. The quantitative estimate of drug-likeness (QED) is 0.244. The number of carbonyl (C=O) groups excluding carboxylic acids is 2. The molecule has 0 aliphatic carbocycles. The van der Waals surface area contributed by atoms with Crippen LogP contribution in [0.5, 0.6) is 5.75 Å². The zero-order valence-electron chi connectivity index (χ0n) is 18.1. The first-order valence-electron chi connectivity index (χ1n) is 9.88. The van der Waals surface area contributed by atoms with E-state index in [4.69, 9.17) is 27.4 Å². The number of hydrogen-bond acceptors (Lipinski definition) is 6. The van der Waals surface area contributed by atoms with Gasteiger partial charge in [-0.3, -0.25) is 9.59 Å². The second kappa shape index (κ2) is 11.1. The van der Waals surface area contributed by atoms with E-state index in [0.29, 0.717) is 16.4 Å². The highest BCUT2D eigenvalue weighted by Crippen LogP contribution is 2.27. The van der Waals surface area contributed by atoms with E-state index in [0.717, 1.165) is 0 Å². The molecule has 178 valence electrons.